The van der Waals surface area contributed by atoms with Gasteiger partial charge in [0.15, 0.2) is 0 Å². The molecule has 0 radical (unpaired) electrons. The number of aliphatic hydroxyl groups is 1. The van der Waals surface area contributed by atoms with Crippen molar-refractivity contribution >= 4 is 17.8 Å². The van der Waals surface area contributed by atoms with Crippen molar-refractivity contribution in [2.45, 2.75) is 6.92 Å². The number of esters is 1. The van der Waals surface area contributed by atoms with E-state index in [4.69, 9.17) is 10.2 Å². The van der Waals surface area contributed by atoms with Crippen LogP contribution in [0.25, 0.3) is 0 Å². The quantitative estimate of drug-likeness (QED) is 0.375. The van der Waals surface area contributed by atoms with E-state index in [-0.39, 0.29) is 18.6 Å². The third-order valence-corrected chi connectivity index (χ3v) is 1.07. The number of carboxylic acids is 1. The third-order valence-electron chi connectivity index (χ3n) is 1.07. The fourth-order valence-electron chi connectivity index (χ4n) is 0.351. The number of hydrogen-bond acceptors (Lipinski definition) is 5. The molecule has 3 N–H and O–H groups in total. The molecule has 7 heteroatoms. The van der Waals surface area contributed by atoms with Gasteiger partial charge in [-0.15, -0.1) is 0 Å². The number of ether oxygens (including phenoxy) is 1. The predicted octanol–water partition coefficient (Wildman–Crippen LogP) is 0.231. The summed E-state index contributed by atoms with van der Waals surface area (Å²) in [6.07, 6.45) is 3.07. The molecule has 0 unspecified atom stereocenters. The van der Waals surface area contributed by atoms with Crippen molar-refractivity contribution < 1.29 is 29.3 Å². The number of nitrogens with one attached hydrogen (secondary N) is 1. The summed E-state index contributed by atoms with van der Waals surface area (Å²) in [7, 11) is 0. The molecule has 0 rings (SSSR count). The largest absolute Gasteiger partial charge is 0.478 e. The Morgan fingerprint density at radius 3 is 1.74 bits per heavy atom. The van der Waals surface area contributed by atoms with Crippen molar-refractivity contribution in [3.05, 3.63) is 38.0 Å². The highest BCUT2D eigenvalue weighted by Crippen LogP contribution is 1.74. The lowest BCUT2D eigenvalue weighted by Gasteiger charge is -1.90. The second kappa shape index (κ2) is 18.0. The van der Waals surface area contributed by atoms with Gasteiger partial charge in [-0.2, -0.15) is 0 Å². The van der Waals surface area contributed by atoms with Gasteiger partial charge in [-0.1, -0.05) is 19.7 Å². The molecule has 0 aliphatic carbocycles. The van der Waals surface area contributed by atoms with E-state index in [0.29, 0.717) is 6.61 Å². The molecule has 0 aromatic heterocycles. The number of aliphatic hydroxyl groups excluding tert-OH is 1. The molecular formula is C12H19NO6. The number of rotatable bonds is 5. The number of aliphatic carboxylic acids is 1. The van der Waals surface area contributed by atoms with E-state index >= 15 is 0 Å². The summed E-state index contributed by atoms with van der Waals surface area (Å²) < 4.78 is 4.43. The summed E-state index contributed by atoms with van der Waals surface area (Å²) in [6, 6.07) is 0. The first-order chi connectivity index (χ1) is 8.89. The Balaban J connectivity index is -0.000000206. The lowest BCUT2D eigenvalue weighted by atomic mass is 10.6. The summed E-state index contributed by atoms with van der Waals surface area (Å²) in [6.45, 7) is 11.2. The van der Waals surface area contributed by atoms with E-state index < -0.39 is 5.97 Å². The van der Waals surface area contributed by atoms with Crippen LogP contribution in [0.15, 0.2) is 38.0 Å². The van der Waals surface area contributed by atoms with Crippen molar-refractivity contribution in [3.8, 4) is 0 Å². The maximum Gasteiger partial charge on any atom is 0.330 e. The average Bonchev–Trinajstić information content (AvgIpc) is 2.40. The zero-order valence-corrected chi connectivity index (χ0v) is 10.8. The molecule has 0 heterocycles. The summed E-state index contributed by atoms with van der Waals surface area (Å²) in [4.78, 5) is 29.3. The van der Waals surface area contributed by atoms with Gasteiger partial charge in [-0.3, -0.25) is 4.79 Å². The second-order valence-corrected chi connectivity index (χ2v) is 2.40. The van der Waals surface area contributed by atoms with Crippen LogP contribution in [0, 0.1) is 0 Å². The zero-order chi connectivity index (χ0) is 15.7. The number of carbonyl (C=O) groups excluding carboxylic acids is 2. The summed E-state index contributed by atoms with van der Waals surface area (Å²) in [5.41, 5.74) is 0. The Labute approximate surface area is 111 Å². The summed E-state index contributed by atoms with van der Waals surface area (Å²) in [5, 5.41) is 17.7. The molecule has 0 atom stereocenters. The topological polar surface area (TPSA) is 113 Å². The second-order valence-electron chi connectivity index (χ2n) is 2.40. The fourth-order valence-corrected chi connectivity index (χ4v) is 0.351. The van der Waals surface area contributed by atoms with Gasteiger partial charge in [-0.25, -0.2) is 9.59 Å². The van der Waals surface area contributed by atoms with E-state index in [1.54, 1.807) is 6.92 Å². The van der Waals surface area contributed by atoms with Gasteiger partial charge in [0, 0.05) is 12.2 Å². The van der Waals surface area contributed by atoms with Crippen molar-refractivity contribution in [1.29, 1.82) is 0 Å². The molecule has 0 saturated carbocycles. The molecule has 0 aliphatic rings. The monoisotopic (exact) mass is 273 g/mol. The van der Waals surface area contributed by atoms with Crippen LogP contribution in [0.4, 0.5) is 0 Å². The lowest BCUT2D eigenvalue weighted by molar-refractivity contribution is -0.137. The first-order valence-electron chi connectivity index (χ1n) is 5.05. The standard InChI is InChI=1S/C5H8O2.C4H7NO2.C3H4O2/c1-3-5(6)7-4-2;1-2-4(7)5-3-6;1-2-3(4)5/h3H,1,4H2,2H3;2,6H,1,3H2,(H,5,7);2H,1H2,(H,4,5). The van der Waals surface area contributed by atoms with Crippen LogP contribution >= 0.6 is 0 Å². The number of amides is 1. The fraction of sp³-hybridized carbons (Fsp3) is 0.250. The molecule has 0 aliphatic heterocycles. The predicted molar refractivity (Wildman–Crippen MR) is 70.1 cm³/mol. The van der Waals surface area contributed by atoms with Gasteiger partial charge in [-0.05, 0) is 13.0 Å². The van der Waals surface area contributed by atoms with Gasteiger partial charge >= 0.3 is 11.9 Å². The number of carboxylic acid groups (broad SMARTS) is 1. The van der Waals surface area contributed by atoms with Crippen LogP contribution in [0.2, 0.25) is 0 Å². The average molecular weight is 273 g/mol. The van der Waals surface area contributed by atoms with Crippen LogP contribution < -0.4 is 5.32 Å². The Morgan fingerprint density at radius 1 is 1.16 bits per heavy atom. The Morgan fingerprint density at radius 2 is 1.63 bits per heavy atom. The normalized spacial score (nSPS) is 7.26. The molecule has 0 bridgehead atoms. The molecule has 0 spiro atoms. The van der Waals surface area contributed by atoms with Gasteiger partial charge < -0.3 is 20.3 Å². The van der Waals surface area contributed by atoms with Crippen molar-refractivity contribution in [2.75, 3.05) is 13.3 Å². The van der Waals surface area contributed by atoms with Crippen LogP contribution in [0.5, 0.6) is 0 Å². The van der Waals surface area contributed by atoms with Crippen molar-refractivity contribution in [1.82, 2.24) is 5.32 Å². The van der Waals surface area contributed by atoms with Gasteiger partial charge in [0.05, 0.1) is 6.61 Å². The summed E-state index contributed by atoms with van der Waals surface area (Å²) >= 11 is 0. The Bertz CT molecular complexity index is 289. The van der Waals surface area contributed by atoms with E-state index in [1.165, 1.54) is 0 Å². The van der Waals surface area contributed by atoms with Crippen LogP contribution in [-0.2, 0) is 19.1 Å². The maximum absolute atomic E-state index is 10.1. The van der Waals surface area contributed by atoms with Gasteiger partial charge in [0.1, 0.15) is 6.73 Å². The molecule has 0 fully saturated rings. The molecule has 1 amide bonds. The molecular weight excluding hydrogens is 254 g/mol. The highest BCUT2D eigenvalue weighted by Gasteiger charge is 1.86. The molecule has 0 aromatic carbocycles. The SMILES string of the molecule is C=CC(=O)NCO.C=CC(=O)O.C=CC(=O)OCC. The molecule has 7 nitrogen and oxygen atoms in total. The van der Waals surface area contributed by atoms with Crippen LogP contribution in [0.1, 0.15) is 6.92 Å². The Hall–Kier alpha value is -2.41. The van der Waals surface area contributed by atoms with Crippen molar-refractivity contribution in [2.24, 2.45) is 0 Å². The van der Waals surface area contributed by atoms with Crippen LogP contribution in [0.3, 0.4) is 0 Å². The molecule has 0 aromatic rings. The van der Waals surface area contributed by atoms with E-state index in [9.17, 15) is 14.4 Å². The van der Waals surface area contributed by atoms with E-state index in [2.05, 4.69) is 29.8 Å². The minimum absolute atomic E-state index is 0.329. The molecule has 0 saturated heterocycles. The number of hydrogen-bond donors (Lipinski definition) is 3. The summed E-state index contributed by atoms with van der Waals surface area (Å²) in [5.74, 6) is -1.70. The minimum atomic E-state index is -0.981. The first-order valence-corrected chi connectivity index (χ1v) is 5.05. The number of carbonyl (C=O) groups is 3. The first kappa shape index (κ1) is 21.8. The van der Waals surface area contributed by atoms with E-state index in [0.717, 1.165) is 18.2 Å². The minimum Gasteiger partial charge on any atom is -0.478 e. The molecule has 108 valence electrons. The Kier molecular flexibility index (Phi) is 20.6. The van der Waals surface area contributed by atoms with Gasteiger partial charge in [0.25, 0.3) is 0 Å². The highest BCUT2D eigenvalue weighted by molar-refractivity contribution is 5.86. The van der Waals surface area contributed by atoms with Gasteiger partial charge in [0.2, 0.25) is 5.91 Å². The van der Waals surface area contributed by atoms with Crippen molar-refractivity contribution in [3.63, 3.8) is 0 Å². The maximum atomic E-state index is 10.1. The third kappa shape index (κ3) is 31.3. The zero-order valence-electron chi connectivity index (χ0n) is 10.8. The smallest absolute Gasteiger partial charge is 0.330 e. The highest BCUT2D eigenvalue weighted by atomic mass is 16.5. The molecule has 19 heavy (non-hydrogen) atoms. The van der Waals surface area contributed by atoms with Crippen LogP contribution in [-0.4, -0.2) is 41.4 Å². The van der Waals surface area contributed by atoms with E-state index in [1.807, 2.05) is 0 Å². The lowest BCUT2D eigenvalue weighted by Crippen LogP contribution is -2.20.